The molecule has 0 spiro atoms. The highest BCUT2D eigenvalue weighted by molar-refractivity contribution is 6.04. The molecule has 2 aliphatic rings. The number of carbonyl (C=O) groups is 2. The van der Waals surface area contributed by atoms with Gasteiger partial charge in [-0.15, -0.1) is 0 Å². The zero-order valence-electron chi connectivity index (χ0n) is 18.1. The molecule has 0 bridgehead atoms. The number of fused-ring (bicyclic) bond motifs is 1. The molecule has 1 saturated carbocycles. The molecule has 1 heterocycles. The van der Waals surface area contributed by atoms with E-state index < -0.39 is 11.9 Å². The minimum absolute atomic E-state index is 0.180. The van der Waals surface area contributed by atoms with Gasteiger partial charge in [-0.2, -0.15) is 0 Å². The minimum atomic E-state index is -0.399. The lowest BCUT2D eigenvalue weighted by molar-refractivity contribution is -0.131. The Morgan fingerprint density at radius 3 is 2.45 bits per heavy atom. The van der Waals surface area contributed by atoms with Crippen LogP contribution in [0.4, 0.5) is 5.69 Å². The number of carbonyl (C=O) groups excluding carboxylic acids is 2. The second kappa shape index (κ2) is 9.50. The highest BCUT2D eigenvalue weighted by Crippen LogP contribution is 2.27. The van der Waals surface area contributed by atoms with Gasteiger partial charge in [0, 0.05) is 24.8 Å². The Bertz CT molecular complexity index is 1020. The van der Waals surface area contributed by atoms with Crippen LogP contribution in [0.1, 0.15) is 73.5 Å². The van der Waals surface area contributed by atoms with Crippen molar-refractivity contribution in [2.75, 3.05) is 5.32 Å². The summed E-state index contributed by atoms with van der Waals surface area (Å²) in [6.07, 6.45) is 10.1. The summed E-state index contributed by atoms with van der Waals surface area (Å²) in [7, 11) is 0. The van der Waals surface area contributed by atoms with Crippen LogP contribution in [0.5, 0.6) is 5.75 Å². The maximum atomic E-state index is 13.4. The molecule has 2 aromatic rings. The van der Waals surface area contributed by atoms with Gasteiger partial charge < -0.3 is 14.6 Å². The van der Waals surface area contributed by atoms with Gasteiger partial charge >= 0.3 is 5.97 Å². The van der Waals surface area contributed by atoms with Crippen LogP contribution in [0.15, 0.2) is 35.1 Å². The number of aromatic nitrogens is 1. The topological polar surface area (TPSA) is 77.4 Å². The third-order valence-electron chi connectivity index (χ3n) is 6.38. The first kappa shape index (κ1) is 21.3. The van der Waals surface area contributed by atoms with Crippen LogP contribution in [0.3, 0.4) is 0 Å². The number of nitrogens with one attached hydrogen (secondary N) is 1. The first-order chi connectivity index (χ1) is 15.0. The fourth-order valence-electron chi connectivity index (χ4n) is 4.83. The van der Waals surface area contributed by atoms with Gasteiger partial charge in [0.25, 0.3) is 11.5 Å². The van der Waals surface area contributed by atoms with Gasteiger partial charge in [-0.3, -0.25) is 14.4 Å². The van der Waals surface area contributed by atoms with Crippen LogP contribution in [0.2, 0.25) is 0 Å². The highest BCUT2D eigenvalue weighted by atomic mass is 16.5. The third kappa shape index (κ3) is 5.06. The lowest BCUT2D eigenvalue weighted by Gasteiger charge is -2.27. The number of nitrogens with zero attached hydrogens (tertiary/aromatic N) is 1. The first-order valence-electron chi connectivity index (χ1n) is 11.4. The summed E-state index contributed by atoms with van der Waals surface area (Å²) < 4.78 is 6.93. The van der Waals surface area contributed by atoms with Gasteiger partial charge in [0.2, 0.25) is 0 Å². The Labute approximate surface area is 182 Å². The lowest BCUT2D eigenvalue weighted by atomic mass is 9.88. The summed E-state index contributed by atoms with van der Waals surface area (Å²) in [6, 6.07) is 8.36. The van der Waals surface area contributed by atoms with Crippen LogP contribution in [-0.2, 0) is 24.2 Å². The van der Waals surface area contributed by atoms with Crippen molar-refractivity contribution in [1.82, 2.24) is 4.57 Å². The van der Waals surface area contributed by atoms with Crippen LogP contribution in [0.25, 0.3) is 0 Å². The number of amides is 1. The van der Waals surface area contributed by atoms with Crippen molar-refractivity contribution in [1.29, 1.82) is 0 Å². The van der Waals surface area contributed by atoms with E-state index in [1.54, 1.807) is 30.3 Å². The van der Waals surface area contributed by atoms with Gasteiger partial charge in [-0.25, -0.2) is 0 Å². The third-order valence-corrected chi connectivity index (χ3v) is 6.38. The van der Waals surface area contributed by atoms with E-state index in [1.165, 1.54) is 26.2 Å². The monoisotopic (exact) mass is 422 g/mol. The molecule has 4 rings (SSSR count). The number of anilines is 1. The molecule has 1 fully saturated rings. The summed E-state index contributed by atoms with van der Waals surface area (Å²) in [5, 5.41) is 2.82. The van der Waals surface area contributed by atoms with Crippen molar-refractivity contribution in [3.63, 3.8) is 0 Å². The molecular formula is C25H30N2O4. The van der Waals surface area contributed by atoms with Crippen LogP contribution >= 0.6 is 0 Å². The second-order valence-electron chi connectivity index (χ2n) is 8.73. The lowest BCUT2D eigenvalue weighted by Crippen LogP contribution is -2.35. The summed E-state index contributed by atoms with van der Waals surface area (Å²) in [6.45, 7) is 2.06. The molecule has 164 valence electrons. The van der Waals surface area contributed by atoms with E-state index in [1.807, 2.05) is 4.57 Å². The molecule has 0 atom stereocenters. The number of aryl methyl sites for hydroxylation is 1. The van der Waals surface area contributed by atoms with E-state index in [0.29, 0.717) is 17.4 Å². The molecule has 0 saturated heterocycles. The average molecular weight is 423 g/mol. The second-order valence-corrected chi connectivity index (χ2v) is 8.73. The van der Waals surface area contributed by atoms with Gasteiger partial charge in [-0.1, -0.05) is 19.3 Å². The number of hydrogen-bond donors (Lipinski definition) is 1. The number of ether oxygens (including phenoxy) is 1. The van der Waals surface area contributed by atoms with Crippen LogP contribution < -0.4 is 15.6 Å². The molecule has 6 nitrogen and oxygen atoms in total. The Morgan fingerprint density at radius 1 is 1.03 bits per heavy atom. The molecule has 0 radical (unpaired) electrons. The fourth-order valence-corrected chi connectivity index (χ4v) is 4.83. The Balaban J connectivity index is 1.59. The number of benzene rings is 1. The van der Waals surface area contributed by atoms with E-state index in [4.69, 9.17) is 4.74 Å². The smallest absolute Gasteiger partial charge is 0.308 e. The number of esters is 1. The van der Waals surface area contributed by atoms with Gasteiger partial charge in [0.1, 0.15) is 11.3 Å². The number of rotatable bonds is 5. The molecule has 6 heteroatoms. The Morgan fingerprint density at radius 2 is 1.74 bits per heavy atom. The zero-order valence-corrected chi connectivity index (χ0v) is 18.1. The summed E-state index contributed by atoms with van der Waals surface area (Å²) >= 11 is 0. The Kier molecular flexibility index (Phi) is 6.54. The molecule has 2 aliphatic carbocycles. The van der Waals surface area contributed by atoms with Crippen molar-refractivity contribution in [2.45, 2.75) is 71.3 Å². The summed E-state index contributed by atoms with van der Waals surface area (Å²) in [4.78, 5) is 37.4. The minimum Gasteiger partial charge on any atom is -0.427 e. The van der Waals surface area contributed by atoms with Gasteiger partial charge in [-0.05, 0) is 80.3 Å². The average Bonchev–Trinajstić information content (AvgIpc) is 2.77. The molecule has 0 aliphatic heterocycles. The molecular weight excluding hydrogens is 392 g/mol. The molecule has 1 amide bonds. The van der Waals surface area contributed by atoms with E-state index in [-0.39, 0.29) is 11.1 Å². The molecule has 1 aromatic carbocycles. The first-order valence-corrected chi connectivity index (χ1v) is 11.4. The maximum Gasteiger partial charge on any atom is 0.308 e. The SMILES string of the molecule is CC(=O)Oc1ccc(NC(=O)c2cc3c(n(CC4CCCCC4)c2=O)CCCC3)cc1. The quantitative estimate of drug-likeness (QED) is 0.569. The Hall–Kier alpha value is -2.89. The molecule has 1 N–H and O–H groups in total. The fraction of sp³-hybridized carbons (Fsp3) is 0.480. The summed E-state index contributed by atoms with van der Waals surface area (Å²) in [5.41, 5.74) is 2.85. The van der Waals surface area contributed by atoms with E-state index in [2.05, 4.69) is 5.32 Å². The van der Waals surface area contributed by atoms with Crippen LogP contribution in [-0.4, -0.2) is 16.4 Å². The molecule has 0 unspecified atom stereocenters. The standard InChI is InChI=1S/C25H30N2O4/c1-17(28)31-21-13-11-20(12-14-21)26-24(29)22-15-19-9-5-6-10-23(19)27(25(22)30)16-18-7-3-2-4-8-18/h11-15,18H,2-10,16H2,1H3,(H,26,29). The van der Waals surface area contributed by atoms with E-state index >= 15 is 0 Å². The molecule has 1 aromatic heterocycles. The predicted octanol–water partition coefficient (Wildman–Crippen LogP) is 4.49. The number of pyridine rings is 1. The van der Waals surface area contributed by atoms with Crippen molar-refractivity contribution in [3.05, 3.63) is 57.5 Å². The summed E-state index contributed by atoms with van der Waals surface area (Å²) in [5.74, 6) is 0.138. The number of hydrogen-bond acceptors (Lipinski definition) is 4. The van der Waals surface area contributed by atoms with Gasteiger partial charge in [0.05, 0.1) is 0 Å². The van der Waals surface area contributed by atoms with Crippen LogP contribution in [0, 0.1) is 5.92 Å². The normalized spacial score (nSPS) is 16.4. The maximum absolute atomic E-state index is 13.4. The van der Waals surface area contributed by atoms with Crippen molar-refractivity contribution in [3.8, 4) is 5.75 Å². The van der Waals surface area contributed by atoms with E-state index in [0.717, 1.165) is 56.3 Å². The zero-order chi connectivity index (χ0) is 21.8. The van der Waals surface area contributed by atoms with Crippen molar-refractivity contribution >= 4 is 17.6 Å². The van der Waals surface area contributed by atoms with Crippen molar-refractivity contribution in [2.24, 2.45) is 5.92 Å². The predicted molar refractivity (Wildman–Crippen MR) is 120 cm³/mol. The largest absolute Gasteiger partial charge is 0.427 e. The highest BCUT2D eigenvalue weighted by Gasteiger charge is 2.24. The van der Waals surface area contributed by atoms with Gasteiger partial charge in [0.15, 0.2) is 0 Å². The van der Waals surface area contributed by atoms with Crippen molar-refractivity contribution < 1.29 is 14.3 Å². The van der Waals surface area contributed by atoms with E-state index in [9.17, 15) is 14.4 Å². The molecule has 31 heavy (non-hydrogen) atoms.